The molecule has 2 atom stereocenters. The van der Waals surface area contributed by atoms with E-state index in [0.29, 0.717) is 18.7 Å². The van der Waals surface area contributed by atoms with Crippen molar-refractivity contribution in [2.75, 3.05) is 6.61 Å². The Labute approximate surface area is 128 Å². The number of hydrogen-bond donors (Lipinski definition) is 1. The van der Waals surface area contributed by atoms with Crippen molar-refractivity contribution in [2.24, 2.45) is 0 Å². The van der Waals surface area contributed by atoms with Crippen molar-refractivity contribution in [1.29, 1.82) is 0 Å². The Morgan fingerprint density at radius 1 is 0.952 bits per heavy atom. The van der Waals surface area contributed by atoms with Crippen LogP contribution in [0.1, 0.15) is 36.6 Å². The smallest absolute Gasteiger partial charge is 0.119 e. The molecule has 0 aliphatic rings. The molecule has 2 aromatic carbocycles. The van der Waals surface area contributed by atoms with E-state index < -0.39 is 0 Å². The van der Waals surface area contributed by atoms with Gasteiger partial charge in [-0.15, -0.1) is 0 Å². The van der Waals surface area contributed by atoms with E-state index in [1.807, 2.05) is 12.1 Å². The van der Waals surface area contributed by atoms with Crippen LogP contribution in [-0.4, -0.2) is 12.6 Å². The third-order valence-electron chi connectivity index (χ3n) is 3.71. The number of aryl methyl sites for hydroxylation is 2. The minimum Gasteiger partial charge on any atom is -0.492 e. The molecule has 2 nitrogen and oxygen atoms in total. The lowest BCUT2D eigenvalue weighted by molar-refractivity contribution is 0.264. The lowest BCUT2D eigenvalue weighted by atomic mass is 10.0. The van der Waals surface area contributed by atoms with Gasteiger partial charge in [0, 0.05) is 12.1 Å². The average molecular weight is 283 g/mol. The monoisotopic (exact) mass is 283 g/mol. The lowest BCUT2D eigenvalue weighted by Gasteiger charge is -2.22. The zero-order chi connectivity index (χ0) is 15.2. The third kappa shape index (κ3) is 4.61. The Hall–Kier alpha value is -1.80. The number of benzene rings is 2. The number of ether oxygens (including phenoxy) is 1. The molecule has 0 saturated heterocycles. The van der Waals surface area contributed by atoms with E-state index in [0.717, 1.165) is 5.75 Å². The van der Waals surface area contributed by atoms with E-state index in [-0.39, 0.29) is 0 Å². The third-order valence-corrected chi connectivity index (χ3v) is 3.71. The molecule has 0 spiro atoms. The summed E-state index contributed by atoms with van der Waals surface area (Å²) >= 11 is 0. The molecule has 0 amide bonds. The van der Waals surface area contributed by atoms with Gasteiger partial charge in [-0.2, -0.15) is 0 Å². The van der Waals surface area contributed by atoms with Crippen LogP contribution in [-0.2, 0) is 0 Å². The van der Waals surface area contributed by atoms with Gasteiger partial charge in [0.15, 0.2) is 0 Å². The summed E-state index contributed by atoms with van der Waals surface area (Å²) in [5.74, 6) is 0.929. The first-order chi connectivity index (χ1) is 10.1. The van der Waals surface area contributed by atoms with Gasteiger partial charge >= 0.3 is 0 Å². The van der Waals surface area contributed by atoms with E-state index in [2.05, 4.69) is 69.4 Å². The summed E-state index contributed by atoms with van der Waals surface area (Å²) < 4.78 is 5.83. The Balaban J connectivity index is 1.85. The van der Waals surface area contributed by atoms with Gasteiger partial charge in [-0.3, -0.25) is 0 Å². The Bertz CT molecular complexity index is 562. The van der Waals surface area contributed by atoms with Crippen LogP contribution in [0.4, 0.5) is 0 Å². The van der Waals surface area contributed by atoms with Crippen LogP contribution in [0.3, 0.4) is 0 Å². The van der Waals surface area contributed by atoms with Crippen molar-refractivity contribution in [3.8, 4) is 5.75 Å². The second kappa shape index (κ2) is 7.28. The maximum Gasteiger partial charge on any atom is 0.119 e. The van der Waals surface area contributed by atoms with Crippen molar-refractivity contribution in [1.82, 2.24) is 5.32 Å². The Kier molecular flexibility index (Phi) is 5.40. The normalized spacial score (nSPS) is 13.7. The SMILES string of the molecule is Cc1ccc(OCC(C)NC(C)c2ccccc2C)cc1. The predicted molar refractivity (Wildman–Crippen MR) is 88.9 cm³/mol. The van der Waals surface area contributed by atoms with Crippen LogP contribution in [0.25, 0.3) is 0 Å². The van der Waals surface area contributed by atoms with Crippen LogP contribution >= 0.6 is 0 Å². The molecule has 2 rings (SSSR count). The summed E-state index contributed by atoms with van der Waals surface area (Å²) in [4.78, 5) is 0. The van der Waals surface area contributed by atoms with Crippen molar-refractivity contribution in [3.05, 3.63) is 65.2 Å². The highest BCUT2D eigenvalue weighted by Crippen LogP contribution is 2.17. The summed E-state index contributed by atoms with van der Waals surface area (Å²) in [6.07, 6.45) is 0. The molecule has 112 valence electrons. The van der Waals surface area contributed by atoms with Gasteiger partial charge in [-0.05, 0) is 51.0 Å². The van der Waals surface area contributed by atoms with Crippen molar-refractivity contribution in [2.45, 2.75) is 39.8 Å². The van der Waals surface area contributed by atoms with Crippen molar-refractivity contribution in [3.63, 3.8) is 0 Å². The molecular weight excluding hydrogens is 258 g/mol. The van der Waals surface area contributed by atoms with E-state index in [1.165, 1.54) is 16.7 Å². The fraction of sp³-hybridized carbons (Fsp3) is 0.368. The summed E-state index contributed by atoms with van der Waals surface area (Å²) in [6, 6.07) is 17.3. The fourth-order valence-corrected chi connectivity index (χ4v) is 2.49. The molecule has 0 saturated carbocycles. The standard InChI is InChI=1S/C19H25NO/c1-14-9-11-18(12-10-14)21-13-16(3)20-17(4)19-8-6-5-7-15(19)2/h5-12,16-17,20H,13H2,1-4H3. The molecule has 0 aromatic heterocycles. The first-order valence-electron chi connectivity index (χ1n) is 7.57. The summed E-state index contributed by atoms with van der Waals surface area (Å²) in [6.45, 7) is 9.26. The van der Waals surface area contributed by atoms with Gasteiger partial charge in [0.2, 0.25) is 0 Å². The largest absolute Gasteiger partial charge is 0.492 e. The minimum absolute atomic E-state index is 0.293. The van der Waals surface area contributed by atoms with Crippen molar-refractivity contribution < 1.29 is 4.74 Å². The van der Waals surface area contributed by atoms with Gasteiger partial charge in [-0.1, -0.05) is 42.0 Å². The quantitative estimate of drug-likeness (QED) is 0.847. The van der Waals surface area contributed by atoms with E-state index >= 15 is 0 Å². The van der Waals surface area contributed by atoms with Crippen LogP contribution in [0.15, 0.2) is 48.5 Å². The molecule has 0 bridgehead atoms. The summed E-state index contributed by atoms with van der Waals surface area (Å²) in [5.41, 5.74) is 3.92. The molecule has 2 aromatic rings. The van der Waals surface area contributed by atoms with E-state index in [9.17, 15) is 0 Å². The van der Waals surface area contributed by atoms with Gasteiger partial charge in [0.25, 0.3) is 0 Å². The topological polar surface area (TPSA) is 21.3 Å². The molecule has 2 heteroatoms. The zero-order valence-corrected chi connectivity index (χ0v) is 13.4. The van der Waals surface area contributed by atoms with Gasteiger partial charge in [-0.25, -0.2) is 0 Å². The Morgan fingerprint density at radius 3 is 2.29 bits per heavy atom. The second-order valence-electron chi connectivity index (χ2n) is 5.77. The van der Waals surface area contributed by atoms with E-state index in [4.69, 9.17) is 4.74 Å². The predicted octanol–water partition coefficient (Wildman–Crippen LogP) is 4.42. The van der Waals surface area contributed by atoms with Crippen LogP contribution < -0.4 is 10.1 Å². The van der Waals surface area contributed by atoms with Gasteiger partial charge in [0.1, 0.15) is 12.4 Å². The summed E-state index contributed by atoms with van der Waals surface area (Å²) in [5, 5.41) is 3.59. The molecule has 1 N–H and O–H groups in total. The summed E-state index contributed by atoms with van der Waals surface area (Å²) in [7, 11) is 0. The molecule has 21 heavy (non-hydrogen) atoms. The van der Waals surface area contributed by atoms with Crippen LogP contribution in [0.5, 0.6) is 5.75 Å². The second-order valence-corrected chi connectivity index (χ2v) is 5.77. The molecule has 2 unspecified atom stereocenters. The number of rotatable bonds is 6. The number of nitrogens with one attached hydrogen (secondary N) is 1. The number of hydrogen-bond acceptors (Lipinski definition) is 2. The van der Waals surface area contributed by atoms with E-state index in [1.54, 1.807) is 0 Å². The van der Waals surface area contributed by atoms with Crippen molar-refractivity contribution >= 4 is 0 Å². The zero-order valence-electron chi connectivity index (χ0n) is 13.4. The maximum atomic E-state index is 5.83. The molecule has 0 radical (unpaired) electrons. The average Bonchev–Trinajstić information content (AvgIpc) is 2.47. The van der Waals surface area contributed by atoms with Gasteiger partial charge in [0.05, 0.1) is 0 Å². The minimum atomic E-state index is 0.293. The highest BCUT2D eigenvalue weighted by Gasteiger charge is 2.11. The lowest BCUT2D eigenvalue weighted by Crippen LogP contribution is -2.34. The van der Waals surface area contributed by atoms with Gasteiger partial charge < -0.3 is 10.1 Å². The van der Waals surface area contributed by atoms with Crippen LogP contribution in [0.2, 0.25) is 0 Å². The van der Waals surface area contributed by atoms with Crippen LogP contribution in [0, 0.1) is 13.8 Å². The molecule has 0 fully saturated rings. The maximum absolute atomic E-state index is 5.83. The highest BCUT2D eigenvalue weighted by molar-refractivity contribution is 5.28. The molecular formula is C19H25NO. The molecule has 0 heterocycles. The first kappa shape index (κ1) is 15.6. The molecule has 0 aliphatic heterocycles. The fourth-order valence-electron chi connectivity index (χ4n) is 2.49. The highest BCUT2D eigenvalue weighted by atomic mass is 16.5. The first-order valence-corrected chi connectivity index (χ1v) is 7.57. The molecule has 0 aliphatic carbocycles. The Morgan fingerprint density at radius 2 is 1.62 bits per heavy atom.